The molecule has 0 aliphatic carbocycles. The minimum atomic E-state index is -0.366. The van der Waals surface area contributed by atoms with Gasteiger partial charge >= 0.3 is 0 Å². The Kier molecular flexibility index (Phi) is 6.04. The lowest BCUT2D eigenvalue weighted by Gasteiger charge is -2.16. The van der Waals surface area contributed by atoms with Crippen LogP contribution >= 0.6 is 24.0 Å². The van der Waals surface area contributed by atoms with Crippen LogP contribution in [0.1, 0.15) is 27.0 Å². The van der Waals surface area contributed by atoms with Gasteiger partial charge in [-0.05, 0) is 48.5 Å². The summed E-state index contributed by atoms with van der Waals surface area (Å²) in [4.78, 5) is 26.3. The van der Waals surface area contributed by atoms with Crippen molar-refractivity contribution in [1.29, 1.82) is 0 Å². The van der Waals surface area contributed by atoms with Crippen molar-refractivity contribution in [2.75, 3.05) is 0 Å². The van der Waals surface area contributed by atoms with Gasteiger partial charge in [-0.25, -0.2) is 0 Å². The number of carbonyl (C=O) groups excluding carboxylic acids is 2. The number of para-hydroxylation sites is 1. The van der Waals surface area contributed by atoms with E-state index in [0.29, 0.717) is 14.8 Å². The number of rotatable bonds is 5. The number of fused-ring (bicyclic) bond motifs is 1. The molecule has 5 nitrogen and oxygen atoms in total. The molecule has 168 valence electrons. The summed E-state index contributed by atoms with van der Waals surface area (Å²) in [5.41, 5.74) is 7.20. The van der Waals surface area contributed by atoms with E-state index < -0.39 is 0 Å². The average Bonchev–Trinajstić information content (AvgIpc) is 3.32. The van der Waals surface area contributed by atoms with Crippen LogP contribution in [0.5, 0.6) is 0 Å². The number of thioether (sulfide) groups is 1. The summed E-state index contributed by atoms with van der Waals surface area (Å²) in [7, 11) is 0. The zero-order valence-corrected chi connectivity index (χ0v) is 20.0. The topological polar surface area (TPSA) is 54.3 Å². The van der Waals surface area contributed by atoms with Gasteiger partial charge in [-0.3, -0.25) is 15.0 Å². The zero-order chi connectivity index (χ0) is 23.7. The number of hydrazine groups is 1. The number of amides is 2. The first-order chi connectivity index (χ1) is 16.5. The number of thiocarbonyl (C=S) groups is 1. The molecule has 0 spiro atoms. The van der Waals surface area contributed by atoms with Crippen molar-refractivity contribution in [1.82, 2.24) is 15.0 Å². The molecule has 1 fully saturated rings. The number of carbonyl (C=O) groups is 2. The van der Waals surface area contributed by atoms with Crippen LogP contribution in [0.25, 0.3) is 17.0 Å². The van der Waals surface area contributed by atoms with Gasteiger partial charge in [0.25, 0.3) is 11.8 Å². The van der Waals surface area contributed by atoms with Crippen LogP contribution in [0.2, 0.25) is 0 Å². The highest BCUT2D eigenvalue weighted by atomic mass is 32.2. The van der Waals surface area contributed by atoms with E-state index in [1.165, 1.54) is 17.3 Å². The van der Waals surface area contributed by atoms with Crippen LogP contribution in [-0.2, 0) is 11.3 Å². The molecule has 7 heteroatoms. The van der Waals surface area contributed by atoms with Gasteiger partial charge in [0.2, 0.25) is 0 Å². The van der Waals surface area contributed by atoms with Gasteiger partial charge < -0.3 is 4.57 Å². The summed E-state index contributed by atoms with van der Waals surface area (Å²) in [6, 6.07) is 25.6. The molecule has 0 saturated carbocycles. The van der Waals surface area contributed by atoms with Crippen molar-refractivity contribution in [2.45, 2.75) is 13.5 Å². The first-order valence-corrected chi connectivity index (χ1v) is 12.0. The van der Waals surface area contributed by atoms with Crippen molar-refractivity contribution < 1.29 is 9.59 Å². The molecule has 3 aromatic carbocycles. The summed E-state index contributed by atoms with van der Waals surface area (Å²) in [6.45, 7) is 2.58. The van der Waals surface area contributed by atoms with E-state index in [-0.39, 0.29) is 11.8 Å². The second-order valence-electron chi connectivity index (χ2n) is 7.99. The first-order valence-electron chi connectivity index (χ1n) is 10.8. The molecule has 0 unspecified atom stereocenters. The molecular formula is C27H21N3O2S2. The van der Waals surface area contributed by atoms with Crippen molar-refractivity contribution in [2.24, 2.45) is 0 Å². The molecule has 0 radical (unpaired) electrons. The molecule has 1 aromatic heterocycles. The normalized spacial score (nSPS) is 14.9. The van der Waals surface area contributed by atoms with E-state index in [1.54, 1.807) is 12.1 Å². The van der Waals surface area contributed by atoms with Crippen LogP contribution in [-0.4, -0.2) is 25.7 Å². The largest absolute Gasteiger partial charge is 0.342 e. The Balaban J connectivity index is 1.43. The van der Waals surface area contributed by atoms with Crippen molar-refractivity contribution in [3.8, 4) is 0 Å². The van der Waals surface area contributed by atoms with Crippen LogP contribution in [0.3, 0.4) is 0 Å². The Labute approximate surface area is 207 Å². The lowest BCUT2D eigenvalue weighted by molar-refractivity contribution is -0.123. The number of nitrogens with one attached hydrogen (secondary N) is 1. The fraction of sp³-hybridized carbons (Fsp3) is 0.0741. The highest BCUT2D eigenvalue weighted by Crippen LogP contribution is 2.34. The quantitative estimate of drug-likeness (QED) is 0.299. The predicted molar refractivity (Wildman–Crippen MR) is 141 cm³/mol. The van der Waals surface area contributed by atoms with E-state index in [0.717, 1.165) is 33.6 Å². The molecule has 1 aliphatic heterocycles. The molecule has 34 heavy (non-hydrogen) atoms. The Hall–Kier alpha value is -3.68. The standard InChI is InChI=1S/C27H21N3O2S2/c1-18-9-5-6-12-21(18)25(31)28-30-26(32)24(34-27(30)33)15-20-17-29(16-19-10-3-2-4-11-19)23-14-8-7-13-22(20)23/h2-15,17H,16H2,1H3,(H,28,31)/b24-15-. The highest BCUT2D eigenvalue weighted by Gasteiger charge is 2.34. The highest BCUT2D eigenvalue weighted by molar-refractivity contribution is 8.26. The average molecular weight is 484 g/mol. The maximum Gasteiger partial charge on any atom is 0.285 e. The maximum absolute atomic E-state index is 13.1. The molecule has 5 rings (SSSR count). The Morgan fingerprint density at radius 1 is 1.00 bits per heavy atom. The Bertz CT molecular complexity index is 1460. The van der Waals surface area contributed by atoms with Crippen LogP contribution in [0.4, 0.5) is 0 Å². The fourth-order valence-corrected chi connectivity index (χ4v) is 5.17. The van der Waals surface area contributed by atoms with Gasteiger partial charge in [0, 0.05) is 34.8 Å². The summed E-state index contributed by atoms with van der Waals surface area (Å²) >= 11 is 6.59. The van der Waals surface area contributed by atoms with E-state index in [1.807, 2.05) is 61.5 Å². The lowest BCUT2D eigenvalue weighted by atomic mass is 10.1. The van der Waals surface area contributed by atoms with Crippen molar-refractivity contribution >= 4 is 57.1 Å². The number of hydrogen-bond acceptors (Lipinski definition) is 4. The fourth-order valence-electron chi connectivity index (χ4n) is 4.00. The summed E-state index contributed by atoms with van der Waals surface area (Å²) in [5, 5.41) is 2.21. The third kappa shape index (κ3) is 4.27. The minimum absolute atomic E-state index is 0.297. The molecule has 2 heterocycles. The number of aromatic nitrogens is 1. The lowest BCUT2D eigenvalue weighted by Crippen LogP contribution is -2.45. The van der Waals surface area contributed by atoms with Gasteiger partial charge in [0.05, 0.1) is 4.91 Å². The molecule has 1 aliphatic rings. The van der Waals surface area contributed by atoms with Gasteiger partial charge in [0.1, 0.15) is 0 Å². The third-order valence-corrected chi connectivity index (χ3v) is 7.00. The molecule has 1 saturated heterocycles. The number of nitrogens with zero attached hydrogens (tertiary/aromatic N) is 2. The van der Waals surface area contributed by atoms with Gasteiger partial charge in [-0.2, -0.15) is 5.01 Å². The Morgan fingerprint density at radius 3 is 2.50 bits per heavy atom. The monoisotopic (exact) mass is 483 g/mol. The SMILES string of the molecule is Cc1ccccc1C(=O)NN1C(=O)/C(=C/c2cn(Cc3ccccc3)c3ccccc23)SC1=S. The smallest absolute Gasteiger partial charge is 0.285 e. The van der Waals surface area contributed by atoms with Gasteiger partial charge in [0.15, 0.2) is 4.32 Å². The third-order valence-electron chi connectivity index (χ3n) is 5.70. The second kappa shape index (κ2) is 9.29. The minimum Gasteiger partial charge on any atom is -0.342 e. The van der Waals surface area contributed by atoms with Crippen LogP contribution in [0, 0.1) is 6.92 Å². The number of hydrogen-bond donors (Lipinski definition) is 1. The molecular weight excluding hydrogens is 462 g/mol. The summed E-state index contributed by atoms with van der Waals surface area (Å²) in [5.74, 6) is -0.702. The molecule has 2 amide bonds. The van der Waals surface area contributed by atoms with Crippen molar-refractivity contribution in [3.63, 3.8) is 0 Å². The number of benzene rings is 3. The zero-order valence-electron chi connectivity index (χ0n) is 18.4. The van der Waals surface area contributed by atoms with Crippen molar-refractivity contribution in [3.05, 3.63) is 112 Å². The Morgan fingerprint density at radius 2 is 1.71 bits per heavy atom. The maximum atomic E-state index is 13.1. The van der Waals surface area contributed by atoms with Crippen LogP contribution in [0.15, 0.2) is 90.0 Å². The van der Waals surface area contributed by atoms with E-state index in [9.17, 15) is 9.59 Å². The molecule has 1 N–H and O–H groups in total. The van der Waals surface area contributed by atoms with E-state index in [4.69, 9.17) is 12.2 Å². The second-order valence-corrected chi connectivity index (χ2v) is 9.66. The van der Waals surface area contributed by atoms with E-state index in [2.05, 4.69) is 34.4 Å². The molecule has 0 atom stereocenters. The summed E-state index contributed by atoms with van der Waals surface area (Å²) < 4.78 is 2.48. The summed E-state index contributed by atoms with van der Waals surface area (Å²) in [6.07, 6.45) is 3.90. The predicted octanol–water partition coefficient (Wildman–Crippen LogP) is 5.54. The van der Waals surface area contributed by atoms with E-state index >= 15 is 0 Å². The van der Waals surface area contributed by atoms with Gasteiger partial charge in [-0.15, -0.1) is 0 Å². The first kappa shape index (κ1) is 22.1. The van der Waals surface area contributed by atoms with Crippen LogP contribution < -0.4 is 5.43 Å². The molecule has 4 aromatic rings. The van der Waals surface area contributed by atoms with Gasteiger partial charge in [-0.1, -0.05) is 78.5 Å². The molecule has 0 bridgehead atoms. The number of aryl methyl sites for hydroxylation is 1.